The predicted molar refractivity (Wildman–Crippen MR) is 85.8 cm³/mol. The minimum Gasteiger partial charge on any atom is -0.489 e. The lowest BCUT2D eigenvalue weighted by molar-refractivity contribution is 0.102. The molecule has 0 bridgehead atoms. The number of rotatable bonds is 6. The van der Waals surface area contributed by atoms with E-state index < -0.39 is 0 Å². The summed E-state index contributed by atoms with van der Waals surface area (Å²) in [4.78, 5) is 16.2. The van der Waals surface area contributed by atoms with E-state index in [1.807, 2.05) is 19.1 Å². The Labute approximate surface area is 134 Å². The molecule has 0 radical (unpaired) electrons. The molecule has 5 nitrogen and oxygen atoms in total. The number of aromatic nitrogens is 1. The van der Waals surface area contributed by atoms with E-state index in [4.69, 9.17) is 21.1 Å². The van der Waals surface area contributed by atoms with Gasteiger partial charge >= 0.3 is 0 Å². The van der Waals surface area contributed by atoms with Gasteiger partial charge in [0.25, 0.3) is 5.91 Å². The number of anilines is 1. The first kappa shape index (κ1) is 16.3. The highest BCUT2D eigenvalue weighted by Gasteiger charge is 2.12. The standard InChI is InChI=1S/C16H17ClN2O3/c1-11-3-4-13(15(9-11)22-8-7-21-2)19-16(20)14-10-12(17)5-6-18-14/h3-6,9-10H,7-8H2,1-2H3,(H,19,20). The van der Waals surface area contributed by atoms with E-state index in [2.05, 4.69) is 10.3 Å². The Bertz CT molecular complexity index is 662. The minimum absolute atomic E-state index is 0.246. The van der Waals surface area contributed by atoms with Gasteiger partial charge in [-0.15, -0.1) is 0 Å². The molecule has 0 spiro atoms. The molecule has 0 saturated heterocycles. The predicted octanol–water partition coefficient (Wildman–Crippen LogP) is 3.32. The van der Waals surface area contributed by atoms with Gasteiger partial charge in [-0.25, -0.2) is 0 Å². The van der Waals surface area contributed by atoms with E-state index in [0.717, 1.165) is 5.56 Å². The number of halogens is 1. The summed E-state index contributed by atoms with van der Waals surface area (Å²) in [6.45, 7) is 2.82. The first-order valence-corrected chi connectivity index (χ1v) is 7.13. The molecular weight excluding hydrogens is 304 g/mol. The van der Waals surface area contributed by atoms with Crippen molar-refractivity contribution in [3.63, 3.8) is 0 Å². The highest BCUT2D eigenvalue weighted by Crippen LogP contribution is 2.26. The summed E-state index contributed by atoms with van der Waals surface area (Å²) >= 11 is 5.87. The van der Waals surface area contributed by atoms with Crippen LogP contribution in [-0.2, 0) is 4.74 Å². The number of aryl methyl sites for hydroxylation is 1. The van der Waals surface area contributed by atoms with Gasteiger partial charge in [0.2, 0.25) is 0 Å². The highest BCUT2D eigenvalue weighted by atomic mass is 35.5. The van der Waals surface area contributed by atoms with E-state index in [-0.39, 0.29) is 11.6 Å². The Morgan fingerprint density at radius 2 is 2.09 bits per heavy atom. The number of carbonyl (C=O) groups is 1. The van der Waals surface area contributed by atoms with Gasteiger partial charge in [-0.3, -0.25) is 9.78 Å². The molecule has 2 aromatic rings. The largest absolute Gasteiger partial charge is 0.489 e. The van der Waals surface area contributed by atoms with E-state index in [1.54, 1.807) is 19.2 Å². The molecule has 2 rings (SSSR count). The van der Waals surface area contributed by atoms with E-state index >= 15 is 0 Å². The van der Waals surface area contributed by atoms with Crippen molar-refractivity contribution in [3.8, 4) is 5.75 Å². The van der Waals surface area contributed by atoms with Crippen molar-refractivity contribution in [1.82, 2.24) is 4.98 Å². The zero-order valence-corrected chi connectivity index (χ0v) is 13.2. The van der Waals surface area contributed by atoms with E-state index in [1.165, 1.54) is 12.3 Å². The number of ether oxygens (including phenoxy) is 2. The van der Waals surface area contributed by atoms with E-state index in [0.29, 0.717) is 29.7 Å². The molecule has 0 aliphatic carbocycles. The second kappa shape index (κ2) is 7.77. The van der Waals surface area contributed by atoms with Crippen LogP contribution in [0.15, 0.2) is 36.5 Å². The number of nitrogens with zero attached hydrogens (tertiary/aromatic N) is 1. The average Bonchev–Trinajstić information content (AvgIpc) is 2.50. The van der Waals surface area contributed by atoms with Crippen LogP contribution >= 0.6 is 11.6 Å². The van der Waals surface area contributed by atoms with Gasteiger partial charge in [0.05, 0.1) is 12.3 Å². The van der Waals surface area contributed by atoms with Crippen LogP contribution in [-0.4, -0.2) is 31.2 Å². The smallest absolute Gasteiger partial charge is 0.274 e. The second-order valence-electron chi connectivity index (χ2n) is 4.65. The van der Waals surface area contributed by atoms with Crippen LogP contribution in [0.4, 0.5) is 5.69 Å². The van der Waals surface area contributed by atoms with Gasteiger partial charge in [0, 0.05) is 18.3 Å². The van der Waals surface area contributed by atoms with Crippen LogP contribution < -0.4 is 10.1 Å². The number of benzene rings is 1. The molecular formula is C16H17ClN2O3. The zero-order valence-electron chi connectivity index (χ0n) is 12.4. The van der Waals surface area contributed by atoms with Gasteiger partial charge in [-0.1, -0.05) is 17.7 Å². The summed E-state index contributed by atoms with van der Waals surface area (Å²) in [5.74, 6) is 0.246. The van der Waals surface area contributed by atoms with Crippen molar-refractivity contribution in [2.24, 2.45) is 0 Å². The van der Waals surface area contributed by atoms with Gasteiger partial charge in [-0.2, -0.15) is 0 Å². The summed E-state index contributed by atoms with van der Waals surface area (Å²) < 4.78 is 10.6. The van der Waals surface area contributed by atoms with Crippen molar-refractivity contribution in [3.05, 3.63) is 52.8 Å². The molecule has 1 aromatic carbocycles. The molecule has 116 valence electrons. The van der Waals surface area contributed by atoms with Gasteiger partial charge < -0.3 is 14.8 Å². The molecule has 1 aromatic heterocycles. The summed E-state index contributed by atoms with van der Waals surface area (Å²) in [5, 5.41) is 3.24. The molecule has 0 unspecified atom stereocenters. The number of hydrogen-bond donors (Lipinski definition) is 1. The molecule has 0 fully saturated rings. The monoisotopic (exact) mass is 320 g/mol. The maximum absolute atomic E-state index is 12.2. The Balaban J connectivity index is 2.16. The lowest BCUT2D eigenvalue weighted by Crippen LogP contribution is -2.15. The number of carbonyl (C=O) groups excluding carboxylic acids is 1. The lowest BCUT2D eigenvalue weighted by Gasteiger charge is -2.13. The average molecular weight is 321 g/mol. The van der Waals surface area contributed by atoms with Crippen molar-refractivity contribution in [1.29, 1.82) is 0 Å². The minimum atomic E-state index is -0.344. The molecule has 0 aliphatic rings. The fourth-order valence-electron chi connectivity index (χ4n) is 1.80. The zero-order chi connectivity index (χ0) is 15.9. The maximum atomic E-state index is 12.2. The van der Waals surface area contributed by atoms with Crippen molar-refractivity contribution in [2.45, 2.75) is 6.92 Å². The summed E-state index contributed by atoms with van der Waals surface area (Å²) in [6, 6.07) is 8.67. The molecule has 0 atom stereocenters. The molecule has 6 heteroatoms. The number of pyridine rings is 1. The number of hydrogen-bond acceptors (Lipinski definition) is 4. The van der Waals surface area contributed by atoms with Crippen LogP contribution in [0.5, 0.6) is 5.75 Å². The molecule has 0 aliphatic heterocycles. The Morgan fingerprint density at radius 3 is 2.82 bits per heavy atom. The molecule has 1 amide bonds. The third-order valence-corrected chi connectivity index (χ3v) is 3.12. The Kier molecular flexibility index (Phi) is 5.75. The lowest BCUT2D eigenvalue weighted by atomic mass is 10.2. The fraction of sp³-hybridized carbons (Fsp3) is 0.250. The van der Waals surface area contributed by atoms with Crippen LogP contribution in [0, 0.1) is 6.92 Å². The van der Waals surface area contributed by atoms with Crippen molar-refractivity contribution in [2.75, 3.05) is 25.6 Å². The number of amides is 1. The first-order valence-electron chi connectivity index (χ1n) is 6.75. The van der Waals surface area contributed by atoms with Crippen LogP contribution in [0.1, 0.15) is 16.1 Å². The SMILES string of the molecule is COCCOc1cc(C)ccc1NC(=O)c1cc(Cl)ccn1. The van der Waals surface area contributed by atoms with Crippen LogP contribution in [0.2, 0.25) is 5.02 Å². The summed E-state index contributed by atoms with van der Waals surface area (Å²) in [5.41, 5.74) is 1.86. The quantitative estimate of drug-likeness (QED) is 0.829. The van der Waals surface area contributed by atoms with E-state index in [9.17, 15) is 4.79 Å². The number of nitrogens with one attached hydrogen (secondary N) is 1. The van der Waals surface area contributed by atoms with Gasteiger partial charge in [0.1, 0.15) is 18.1 Å². The maximum Gasteiger partial charge on any atom is 0.274 e. The molecule has 1 N–H and O–H groups in total. The normalized spacial score (nSPS) is 10.3. The molecule has 0 saturated carbocycles. The number of methoxy groups -OCH3 is 1. The molecule has 1 heterocycles. The van der Waals surface area contributed by atoms with Crippen LogP contribution in [0.3, 0.4) is 0 Å². The highest BCUT2D eigenvalue weighted by molar-refractivity contribution is 6.30. The molecule has 22 heavy (non-hydrogen) atoms. The van der Waals surface area contributed by atoms with Gasteiger partial charge in [0.15, 0.2) is 0 Å². The third-order valence-electron chi connectivity index (χ3n) is 2.88. The van der Waals surface area contributed by atoms with Crippen molar-refractivity contribution < 1.29 is 14.3 Å². The fourth-order valence-corrected chi connectivity index (χ4v) is 1.96. The second-order valence-corrected chi connectivity index (χ2v) is 5.09. The van der Waals surface area contributed by atoms with Crippen LogP contribution in [0.25, 0.3) is 0 Å². The first-order chi connectivity index (χ1) is 10.6. The van der Waals surface area contributed by atoms with Crippen molar-refractivity contribution >= 4 is 23.2 Å². The summed E-state index contributed by atoms with van der Waals surface area (Å²) in [6.07, 6.45) is 1.49. The Hall–Kier alpha value is -2.11. The third kappa shape index (κ3) is 4.44. The van der Waals surface area contributed by atoms with Gasteiger partial charge in [-0.05, 0) is 36.8 Å². The summed E-state index contributed by atoms with van der Waals surface area (Å²) in [7, 11) is 1.60. The Morgan fingerprint density at radius 1 is 1.27 bits per heavy atom. The topological polar surface area (TPSA) is 60.5 Å².